The number of hydrogen-bond donors (Lipinski definition) is 0. The van der Waals surface area contributed by atoms with Crippen LogP contribution in [0.15, 0.2) is 115 Å². The number of hydrogen-bond acceptors (Lipinski definition) is 5. The molecule has 5 heteroatoms. The van der Waals surface area contributed by atoms with Crippen molar-refractivity contribution in [1.29, 1.82) is 0 Å². The van der Waals surface area contributed by atoms with Crippen molar-refractivity contribution >= 4 is 60.0 Å². The normalized spacial score (nSPS) is 12.6. The van der Waals surface area contributed by atoms with Gasteiger partial charge in [-0.25, -0.2) is 4.98 Å². The summed E-state index contributed by atoms with van der Waals surface area (Å²) in [6.07, 6.45) is 4.26. The highest BCUT2D eigenvalue weighted by molar-refractivity contribution is 7.26. The van der Waals surface area contributed by atoms with Gasteiger partial charge < -0.3 is 0 Å². The molecule has 2 aromatic heterocycles. The van der Waals surface area contributed by atoms with Crippen LogP contribution in [0.3, 0.4) is 0 Å². The van der Waals surface area contributed by atoms with Gasteiger partial charge in [-0.1, -0.05) is 91.0 Å². The molecule has 8 rings (SSSR count). The summed E-state index contributed by atoms with van der Waals surface area (Å²) >= 11 is 1.86. The number of anilines is 2. The van der Waals surface area contributed by atoms with E-state index >= 15 is 0 Å². The van der Waals surface area contributed by atoms with Crippen LogP contribution in [-0.2, 0) is 0 Å². The lowest BCUT2D eigenvalue weighted by Gasteiger charge is -2.25. The third kappa shape index (κ3) is 3.26. The summed E-state index contributed by atoms with van der Waals surface area (Å²) < 4.78 is 2.62. The van der Waals surface area contributed by atoms with E-state index in [0.717, 1.165) is 16.8 Å². The zero-order chi connectivity index (χ0) is 25.1. The minimum atomic E-state index is 0.601. The average molecular weight is 505 g/mol. The van der Waals surface area contributed by atoms with Crippen LogP contribution in [0.25, 0.3) is 59.8 Å². The fourth-order valence-electron chi connectivity index (χ4n) is 5.32. The first-order valence-corrected chi connectivity index (χ1v) is 13.4. The maximum Gasteiger partial charge on any atom is 0.238 e. The Morgan fingerprint density at radius 3 is 1.97 bits per heavy atom. The minimum absolute atomic E-state index is 0.601. The van der Waals surface area contributed by atoms with Crippen molar-refractivity contribution in [2.75, 3.05) is 4.90 Å². The van der Waals surface area contributed by atoms with Gasteiger partial charge in [0.25, 0.3) is 0 Å². The molecule has 0 atom stereocenters. The fourth-order valence-corrected chi connectivity index (χ4v) is 6.53. The highest BCUT2D eigenvalue weighted by Crippen LogP contribution is 2.45. The monoisotopic (exact) mass is 504 g/mol. The quantitative estimate of drug-likeness (QED) is 0.241. The lowest BCUT2D eigenvalue weighted by molar-refractivity contribution is 1.02. The smallest absolute Gasteiger partial charge is 0.238 e. The molecule has 0 bridgehead atoms. The summed E-state index contributed by atoms with van der Waals surface area (Å²) in [5.41, 5.74) is 4.20. The molecule has 4 nitrogen and oxygen atoms in total. The molecule has 1 aliphatic heterocycles. The van der Waals surface area contributed by atoms with Crippen LogP contribution in [0, 0.1) is 0 Å². The average Bonchev–Trinajstić information content (AvgIpc) is 3.37. The number of nitrogens with zero attached hydrogens (tertiary/aromatic N) is 4. The van der Waals surface area contributed by atoms with Gasteiger partial charge >= 0.3 is 0 Å². The molecule has 0 unspecified atom stereocenters. The molecule has 0 aliphatic carbocycles. The van der Waals surface area contributed by atoms with Crippen LogP contribution in [-0.4, -0.2) is 15.0 Å². The van der Waals surface area contributed by atoms with Gasteiger partial charge in [0, 0.05) is 48.3 Å². The van der Waals surface area contributed by atoms with Crippen molar-refractivity contribution in [3.05, 3.63) is 121 Å². The predicted octanol–water partition coefficient (Wildman–Crippen LogP) is 8.85. The van der Waals surface area contributed by atoms with Crippen molar-refractivity contribution in [1.82, 2.24) is 15.0 Å². The van der Waals surface area contributed by atoms with Gasteiger partial charge in [0.2, 0.25) is 5.95 Å². The van der Waals surface area contributed by atoms with Gasteiger partial charge in [-0.15, -0.1) is 11.3 Å². The molecule has 0 fully saturated rings. The zero-order valence-electron chi connectivity index (χ0n) is 20.2. The standard InChI is InChI=1S/C33H20N4S/c1-3-10-21(11-4-1)31-34-32(22-12-5-2-6-13-22)36-33(35-31)37-19-18-23-20-26-24-14-7-8-17-28(24)38-30(26)25-15-9-16-27(37)29(23)25/h1-20H. The molecule has 0 amide bonds. The van der Waals surface area contributed by atoms with Gasteiger partial charge in [0.1, 0.15) is 0 Å². The summed E-state index contributed by atoms with van der Waals surface area (Å²) in [5.74, 6) is 1.91. The summed E-state index contributed by atoms with van der Waals surface area (Å²) in [6, 6.07) is 37.7. The summed E-state index contributed by atoms with van der Waals surface area (Å²) in [5, 5.41) is 5.09. The predicted molar refractivity (Wildman–Crippen MR) is 159 cm³/mol. The lowest BCUT2D eigenvalue weighted by Crippen LogP contribution is -2.16. The molecule has 0 saturated heterocycles. The first-order valence-electron chi connectivity index (χ1n) is 12.5. The molecule has 0 saturated carbocycles. The third-order valence-corrected chi connectivity index (χ3v) is 8.30. The Balaban J connectivity index is 1.37. The van der Waals surface area contributed by atoms with E-state index in [1.54, 1.807) is 0 Å². The van der Waals surface area contributed by atoms with Crippen LogP contribution < -0.4 is 4.90 Å². The Morgan fingerprint density at radius 2 is 1.24 bits per heavy atom. The molecular weight excluding hydrogens is 484 g/mol. The number of aromatic nitrogens is 3. The van der Waals surface area contributed by atoms with E-state index in [4.69, 9.17) is 15.0 Å². The van der Waals surface area contributed by atoms with E-state index in [2.05, 4.69) is 65.7 Å². The maximum atomic E-state index is 4.96. The number of thiophene rings is 1. The Morgan fingerprint density at radius 1 is 0.579 bits per heavy atom. The van der Waals surface area contributed by atoms with Crippen molar-refractivity contribution in [2.45, 2.75) is 0 Å². The molecular formula is C33H20N4S. The largest absolute Gasteiger partial charge is 0.285 e. The second kappa shape index (κ2) is 8.33. The summed E-state index contributed by atoms with van der Waals surface area (Å²) in [4.78, 5) is 16.9. The topological polar surface area (TPSA) is 41.9 Å². The van der Waals surface area contributed by atoms with Crippen LogP contribution in [0.5, 0.6) is 0 Å². The molecule has 38 heavy (non-hydrogen) atoms. The second-order valence-electron chi connectivity index (χ2n) is 9.34. The van der Waals surface area contributed by atoms with Crippen molar-refractivity contribution in [3.8, 4) is 22.8 Å². The fraction of sp³-hybridized carbons (Fsp3) is 0. The van der Waals surface area contributed by atoms with Crippen LogP contribution in [0.2, 0.25) is 0 Å². The van der Waals surface area contributed by atoms with Crippen molar-refractivity contribution in [3.63, 3.8) is 0 Å². The first kappa shape index (κ1) is 21.2. The second-order valence-corrected chi connectivity index (χ2v) is 10.4. The van der Waals surface area contributed by atoms with Gasteiger partial charge in [0.15, 0.2) is 11.6 Å². The van der Waals surface area contributed by atoms with Gasteiger partial charge in [0.05, 0.1) is 5.69 Å². The number of fused-ring (bicyclic) bond motifs is 4. The minimum Gasteiger partial charge on any atom is -0.285 e. The highest BCUT2D eigenvalue weighted by Gasteiger charge is 2.23. The zero-order valence-corrected chi connectivity index (χ0v) is 21.1. The molecule has 0 radical (unpaired) electrons. The van der Waals surface area contributed by atoms with E-state index < -0.39 is 0 Å². The molecule has 1 aliphatic rings. The lowest BCUT2D eigenvalue weighted by atomic mass is 9.97. The molecule has 7 aromatic rings. The summed E-state index contributed by atoms with van der Waals surface area (Å²) in [7, 11) is 0. The molecule has 178 valence electrons. The molecule has 3 heterocycles. The van der Waals surface area contributed by atoms with Crippen LogP contribution in [0.4, 0.5) is 11.6 Å². The van der Waals surface area contributed by atoms with E-state index in [-0.39, 0.29) is 0 Å². The van der Waals surface area contributed by atoms with Crippen molar-refractivity contribution in [2.24, 2.45) is 0 Å². The maximum absolute atomic E-state index is 4.96. The van der Waals surface area contributed by atoms with E-state index in [1.807, 2.05) is 72.0 Å². The van der Waals surface area contributed by atoms with Gasteiger partial charge in [-0.3, -0.25) is 4.90 Å². The Kier molecular flexibility index (Phi) is 4.66. The SMILES string of the molecule is C1=CN(c2nc(-c3ccccc3)nc(-c3ccccc3)n2)c2cccc3c2c1cc1c2ccccc2sc31. The Hall–Kier alpha value is -4.87. The Labute approximate surface area is 223 Å². The van der Waals surface area contributed by atoms with Gasteiger partial charge in [-0.2, -0.15) is 9.97 Å². The molecule has 5 aromatic carbocycles. The van der Waals surface area contributed by atoms with E-state index in [0.29, 0.717) is 17.6 Å². The number of rotatable bonds is 3. The van der Waals surface area contributed by atoms with Gasteiger partial charge in [-0.05, 0) is 29.8 Å². The van der Waals surface area contributed by atoms with E-state index in [9.17, 15) is 0 Å². The third-order valence-electron chi connectivity index (χ3n) is 7.08. The number of benzene rings is 5. The highest BCUT2D eigenvalue weighted by atomic mass is 32.1. The van der Waals surface area contributed by atoms with Crippen LogP contribution >= 0.6 is 11.3 Å². The van der Waals surface area contributed by atoms with Crippen LogP contribution in [0.1, 0.15) is 5.56 Å². The molecule has 0 spiro atoms. The summed E-state index contributed by atoms with van der Waals surface area (Å²) in [6.45, 7) is 0. The molecule has 0 N–H and O–H groups in total. The first-order chi connectivity index (χ1) is 18.8. The van der Waals surface area contributed by atoms with Crippen molar-refractivity contribution < 1.29 is 0 Å². The Bertz CT molecular complexity index is 1970. The van der Waals surface area contributed by atoms with E-state index in [1.165, 1.54) is 36.5 Å².